The summed E-state index contributed by atoms with van der Waals surface area (Å²) in [6.45, 7) is 6.93. The average molecular weight is 377 g/mol. The van der Waals surface area contributed by atoms with Crippen molar-refractivity contribution in [1.82, 2.24) is 14.9 Å². The Kier molecular flexibility index (Phi) is 6.57. The molecule has 25 heavy (non-hydrogen) atoms. The Morgan fingerprint density at radius 1 is 1.24 bits per heavy atom. The van der Waals surface area contributed by atoms with Crippen molar-refractivity contribution < 1.29 is 27.9 Å². The lowest BCUT2D eigenvalue weighted by atomic mass is 9.85. The third kappa shape index (κ3) is 5.96. The van der Waals surface area contributed by atoms with Crippen molar-refractivity contribution in [2.75, 3.05) is 12.8 Å². The molecule has 1 aliphatic heterocycles. The van der Waals surface area contributed by atoms with Crippen LogP contribution >= 0.6 is 0 Å². The molecular weight excluding hydrogens is 350 g/mol. The highest BCUT2D eigenvalue weighted by atomic mass is 32.2. The van der Waals surface area contributed by atoms with Crippen LogP contribution in [0.3, 0.4) is 0 Å². The van der Waals surface area contributed by atoms with Gasteiger partial charge in [-0.3, -0.25) is 9.59 Å². The van der Waals surface area contributed by atoms with Gasteiger partial charge in [-0.15, -0.1) is 0 Å². The molecule has 0 aromatic carbocycles. The average Bonchev–Trinajstić information content (AvgIpc) is 2.90. The van der Waals surface area contributed by atoms with E-state index in [0.29, 0.717) is 19.4 Å². The number of rotatable bonds is 6. The van der Waals surface area contributed by atoms with E-state index in [-0.39, 0.29) is 0 Å². The molecule has 1 rings (SSSR count). The van der Waals surface area contributed by atoms with Crippen molar-refractivity contribution in [3.05, 3.63) is 0 Å². The monoisotopic (exact) mass is 377 g/mol. The molecule has 0 radical (unpaired) electrons. The number of nitrogens with zero attached hydrogens (tertiary/aromatic N) is 1. The van der Waals surface area contributed by atoms with Gasteiger partial charge in [0, 0.05) is 6.54 Å². The number of sulfonamides is 1. The quantitative estimate of drug-likeness (QED) is 0.573. The number of hydrogen-bond donors (Lipinski definition) is 3. The fraction of sp³-hybridized carbons (Fsp3) is 0.800. The lowest BCUT2D eigenvalue weighted by Gasteiger charge is -2.35. The summed E-state index contributed by atoms with van der Waals surface area (Å²) in [4.78, 5) is 37.7. The largest absolute Gasteiger partial charge is 0.480 e. The third-order valence-corrected chi connectivity index (χ3v) is 4.79. The molecule has 0 aliphatic carbocycles. The molecule has 0 saturated carbocycles. The number of likely N-dealkylation sites (tertiary alicyclic amines) is 1. The van der Waals surface area contributed by atoms with Gasteiger partial charge in [0.15, 0.2) is 0 Å². The molecule has 1 fully saturated rings. The van der Waals surface area contributed by atoms with Gasteiger partial charge in [-0.2, -0.15) is 0 Å². The van der Waals surface area contributed by atoms with E-state index in [1.54, 1.807) is 20.8 Å². The van der Waals surface area contributed by atoms with E-state index >= 15 is 0 Å². The Bertz CT molecular complexity index is 640. The van der Waals surface area contributed by atoms with Gasteiger partial charge < -0.3 is 15.3 Å². The summed E-state index contributed by atoms with van der Waals surface area (Å²) in [6, 6.07) is -2.92. The van der Waals surface area contributed by atoms with Crippen molar-refractivity contribution in [1.29, 1.82) is 0 Å². The predicted octanol–water partition coefficient (Wildman–Crippen LogP) is -0.469. The van der Waals surface area contributed by atoms with Crippen LogP contribution in [0, 0.1) is 5.41 Å². The number of amides is 2. The SMILES string of the molecule is CC(NS(C)(=O)=O)C(=O)NC(C(=O)N1CCCC1C(=O)O)C(C)(C)C. The number of carbonyl (C=O) groups excluding carboxylic acids is 2. The molecule has 0 spiro atoms. The van der Waals surface area contributed by atoms with Crippen molar-refractivity contribution in [2.24, 2.45) is 5.41 Å². The molecule has 0 aromatic rings. The summed E-state index contributed by atoms with van der Waals surface area (Å²) in [5.74, 6) is -2.20. The maximum atomic E-state index is 12.9. The summed E-state index contributed by atoms with van der Waals surface area (Å²) in [6.07, 6.45) is 1.89. The van der Waals surface area contributed by atoms with E-state index in [1.165, 1.54) is 11.8 Å². The molecule has 3 unspecified atom stereocenters. The Morgan fingerprint density at radius 3 is 2.24 bits per heavy atom. The molecule has 2 amide bonds. The Balaban J connectivity index is 2.97. The van der Waals surface area contributed by atoms with Gasteiger partial charge in [0.05, 0.1) is 12.3 Å². The van der Waals surface area contributed by atoms with Crippen LogP contribution in [0.4, 0.5) is 0 Å². The van der Waals surface area contributed by atoms with Crippen molar-refractivity contribution in [2.45, 2.75) is 58.7 Å². The van der Waals surface area contributed by atoms with E-state index in [0.717, 1.165) is 6.26 Å². The van der Waals surface area contributed by atoms with Crippen molar-refractivity contribution >= 4 is 27.8 Å². The first-order valence-corrected chi connectivity index (χ1v) is 9.94. The molecular formula is C15H27N3O6S. The van der Waals surface area contributed by atoms with Crippen LogP contribution in [-0.4, -0.2) is 67.1 Å². The second kappa shape index (κ2) is 7.69. The second-order valence-electron chi connectivity index (χ2n) is 7.45. The van der Waals surface area contributed by atoms with Crippen LogP contribution < -0.4 is 10.0 Å². The second-order valence-corrected chi connectivity index (χ2v) is 9.23. The number of hydrogen-bond acceptors (Lipinski definition) is 5. The summed E-state index contributed by atoms with van der Waals surface area (Å²) in [7, 11) is -3.58. The Hall–Kier alpha value is -1.68. The number of carbonyl (C=O) groups is 3. The standard InChI is InChI=1S/C15H27N3O6S/c1-9(17-25(5,23)24)12(19)16-11(15(2,3)4)13(20)18-8-6-7-10(18)14(21)22/h9-11,17H,6-8H2,1-5H3,(H,16,19)(H,21,22). The molecule has 3 atom stereocenters. The lowest BCUT2D eigenvalue weighted by Crippen LogP contribution is -2.59. The molecule has 9 nitrogen and oxygen atoms in total. The maximum Gasteiger partial charge on any atom is 0.326 e. The van der Waals surface area contributed by atoms with E-state index in [2.05, 4.69) is 10.0 Å². The first-order chi connectivity index (χ1) is 11.2. The normalized spacial score (nSPS) is 20.8. The summed E-state index contributed by atoms with van der Waals surface area (Å²) < 4.78 is 24.7. The van der Waals surface area contributed by atoms with Crippen LogP contribution in [0.25, 0.3) is 0 Å². The molecule has 144 valence electrons. The van der Waals surface area contributed by atoms with Crippen LogP contribution in [0.5, 0.6) is 0 Å². The van der Waals surface area contributed by atoms with E-state index in [9.17, 15) is 27.9 Å². The molecule has 0 bridgehead atoms. The van der Waals surface area contributed by atoms with Gasteiger partial charge in [-0.25, -0.2) is 17.9 Å². The van der Waals surface area contributed by atoms with Crippen molar-refractivity contribution in [3.8, 4) is 0 Å². The smallest absolute Gasteiger partial charge is 0.326 e. The molecule has 1 aliphatic rings. The van der Waals surface area contributed by atoms with Gasteiger partial charge in [-0.1, -0.05) is 20.8 Å². The van der Waals surface area contributed by atoms with Crippen LogP contribution in [0.2, 0.25) is 0 Å². The fourth-order valence-corrected chi connectivity index (χ4v) is 3.49. The Morgan fingerprint density at radius 2 is 1.80 bits per heavy atom. The number of aliphatic carboxylic acids is 1. The fourth-order valence-electron chi connectivity index (χ4n) is 2.74. The number of carboxylic acids is 1. The first kappa shape index (κ1) is 21.4. The van der Waals surface area contributed by atoms with Gasteiger partial charge in [0.25, 0.3) is 0 Å². The van der Waals surface area contributed by atoms with Gasteiger partial charge in [0.2, 0.25) is 21.8 Å². The van der Waals surface area contributed by atoms with Gasteiger partial charge in [0.1, 0.15) is 12.1 Å². The highest BCUT2D eigenvalue weighted by Crippen LogP contribution is 2.25. The van der Waals surface area contributed by atoms with Crippen LogP contribution in [-0.2, 0) is 24.4 Å². The highest BCUT2D eigenvalue weighted by molar-refractivity contribution is 7.88. The maximum absolute atomic E-state index is 12.9. The highest BCUT2D eigenvalue weighted by Gasteiger charge is 2.42. The van der Waals surface area contributed by atoms with Crippen LogP contribution in [0.1, 0.15) is 40.5 Å². The van der Waals surface area contributed by atoms with E-state index < -0.39 is 51.3 Å². The molecule has 1 saturated heterocycles. The molecule has 0 aromatic heterocycles. The summed E-state index contributed by atoms with van der Waals surface area (Å²) in [5, 5.41) is 11.8. The summed E-state index contributed by atoms with van der Waals surface area (Å²) in [5.41, 5.74) is -0.677. The Labute approximate surface area is 148 Å². The van der Waals surface area contributed by atoms with Gasteiger partial charge >= 0.3 is 5.97 Å². The zero-order valence-corrected chi connectivity index (χ0v) is 16.0. The third-order valence-electron chi connectivity index (χ3n) is 4.00. The van der Waals surface area contributed by atoms with Crippen molar-refractivity contribution in [3.63, 3.8) is 0 Å². The topological polar surface area (TPSA) is 133 Å². The molecule has 10 heteroatoms. The predicted molar refractivity (Wildman–Crippen MR) is 91.2 cm³/mol. The first-order valence-electron chi connectivity index (χ1n) is 8.05. The zero-order chi connectivity index (χ0) is 19.6. The van der Waals surface area contributed by atoms with E-state index in [1.807, 2.05) is 0 Å². The number of carboxylic acid groups (broad SMARTS) is 1. The lowest BCUT2D eigenvalue weighted by molar-refractivity contribution is -0.150. The summed E-state index contributed by atoms with van der Waals surface area (Å²) >= 11 is 0. The van der Waals surface area contributed by atoms with Crippen LogP contribution in [0.15, 0.2) is 0 Å². The molecule has 1 heterocycles. The van der Waals surface area contributed by atoms with Gasteiger partial charge in [-0.05, 0) is 25.2 Å². The minimum atomic E-state index is -3.58. The minimum absolute atomic E-state index is 0.315. The minimum Gasteiger partial charge on any atom is -0.480 e. The number of nitrogens with one attached hydrogen (secondary N) is 2. The molecule has 3 N–H and O–H groups in total. The van der Waals surface area contributed by atoms with E-state index in [4.69, 9.17) is 0 Å². The zero-order valence-electron chi connectivity index (χ0n) is 15.2.